The second kappa shape index (κ2) is 10.5. The fourth-order valence-electron chi connectivity index (χ4n) is 3.82. The molecule has 2 heterocycles. The number of aromatic nitrogens is 1. The number of benzene rings is 2. The van der Waals surface area contributed by atoms with Crippen molar-refractivity contribution in [3.63, 3.8) is 0 Å². The Kier molecular flexibility index (Phi) is 7.22. The minimum Gasteiger partial charge on any atom is -0.497 e. The van der Waals surface area contributed by atoms with E-state index in [1.807, 2.05) is 26.2 Å². The van der Waals surface area contributed by atoms with Gasteiger partial charge in [-0.2, -0.15) is 0 Å². The third-order valence-corrected chi connectivity index (χ3v) is 5.61. The Labute approximate surface area is 198 Å². The molecule has 180 valence electrons. The molecule has 0 unspecified atom stereocenters. The minimum atomic E-state index is -0.273. The van der Waals surface area contributed by atoms with Crippen LogP contribution in [-0.2, 0) is 6.54 Å². The molecule has 0 atom stereocenters. The first-order chi connectivity index (χ1) is 16.4. The van der Waals surface area contributed by atoms with Crippen LogP contribution in [-0.4, -0.2) is 68.3 Å². The number of nitrogens with one attached hydrogen (secondary N) is 2. The molecular formula is C25H30N4O5. The zero-order chi connectivity index (χ0) is 24.1. The molecule has 0 fully saturated rings. The van der Waals surface area contributed by atoms with Gasteiger partial charge in [0.2, 0.25) is 0 Å². The number of H-pyrrole nitrogens is 1. The number of fused-ring (bicyclic) bond motifs is 2. The molecule has 4 rings (SSSR count). The van der Waals surface area contributed by atoms with E-state index in [-0.39, 0.29) is 18.1 Å². The first-order valence-corrected chi connectivity index (χ1v) is 11.2. The minimum absolute atomic E-state index is 0.176. The molecule has 9 nitrogen and oxygen atoms in total. The van der Waals surface area contributed by atoms with Crippen molar-refractivity contribution in [2.75, 3.05) is 52.8 Å². The molecule has 0 saturated carbocycles. The average molecular weight is 467 g/mol. The summed E-state index contributed by atoms with van der Waals surface area (Å²) in [4.78, 5) is 32.6. The number of nitrogens with zero attached hydrogens (tertiary/aromatic N) is 2. The summed E-state index contributed by atoms with van der Waals surface area (Å²) >= 11 is 0. The van der Waals surface area contributed by atoms with Gasteiger partial charge in [0.05, 0.1) is 19.2 Å². The second-order valence-electron chi connectivity index (χ2n) is 8.44. The number of carbonyl (C=O) groups excluding carboxylic acids is 1. The van der Waals surface area contributed by atoms with Crippen LogP contribution < -0.4 is 25.1 Å². The quantitative estimate of drug-likeness (QED) is 0.529. The van der Waals surface area contributed by atoms with E-state index in [0.29, 0.717) is 53.8 Å². The fraction of sp³-hybridized carbons (Fsp3) is 0.360. The summed E-state index contributed by atoms with van der Waals surface area (Å²) in [5, 5.41) is 3.74. The third-order valence-electron chi connectivity index (χ3n) is 5.61. The van der Waals surface area contributed by atoms with Crippen LogP contribution in [0.3, 0.4) is 0 Å². The van der Waals surface area contributed by atoms with E-state index in [1.54, 1.807) is 42.3 Å². The molecule has 0 radical (unpaired) electrons. The van der Waals surface area contributed by atoms with E-state index in [9.17, 15) is 9.59 Å². The van der Waals surface area contributed by atoms with Crippen molar-refractivity contribution in [3.05, 3.63) is 58.4 Å². The number of rotatable bonds is 8. The van der Waals surface area contributed by atoms with Gasteiger partial charge in [-0.15, -0.1) is 0 Å². The van der Waals surface area contributed by atoms with E-state index in [1.165, 1.54) is 0 Å². The number of amides is 2. The van der Waals surface area contributed by atoms with Crippen LogP contribution in [0.5, 0.6) is 17.2 Å². The lowest BCUT2D eigenvalue weighted by atomic mass is 10.1. The number of anilines is 1. The molecule has 0 aliphatic carbocycles. The Balaban J connectivity index is 1.57. The van der Waals surface area contributed by atoms with Crippen LogP contribution in [0.15, 0.2) is 47.3 Å². The van der Waals surface area contributed by atoms with Gasteiger partial charge in [-0.3, -0.25) is 4.79 Å². The number of carbonyl (C=O) groups is 1. The molecular weight excluding hydrogens is 436 g/mol. The zero-order valence-electron chi connectivity index (χ0n) is 19.7. The highest BCUT2D eigenvalue weighted by molar-refractivity contribution is 5.89. The third kappa shape index (κ3) is 5.60. The molecule has 2 amide bonds. The van der Waals surface area contributed by atoms with Gasteiger partial charge < -0.3 is 34.3 Å². The lowest BCUT2D eigenvalue weighted by Crippen LogP contribution is -2.37. The normalized spacial score (nSPS) is 12.6. The first kappa shape index (κ1) is 23.4. The van der Waals surface area contributed by atoms with Gasteiger partial charge in [0.15, 0.2) is 11.5 Å². The summed E-state index contributed by atoms with van der Waals surface area (Å²) in [5.74, 6) is 1.98. The highest BCUT2D eigenvalue weighted by Gasteiger charge is 2.18. The van der Waals surface area contributed by atoms with Crippen molar-refractivity contribution in [2.24, 2.45) is 0 Å². The van der Waals surface area contributed by atoms with Crippen LogP contribution in [0.25, 0.3) is 10.9 Å². The van der Waals surface area contributed by atoms with Crippen LogP contribution in [0.4, 0.5) is 10.5 Å². The molecule has 0 bridgehead atoms. The number of pyridine rings is 1. The summed E-state index contributed by atoms with van der Waals surface area (Å²) in [5.41, 5.74) is 1.58. The van der Waals surface area contributed by atoms with E-state index < -0.39 is 0 Å². The first-order valence-electron chi connectivity index (χ1n) is 11.2. The molecule has 9 heteroatoms. The van der Waals surface area contributed by atoms with Crippen molar-refractivity contribution in [1.29, 1.82) is 0 Å². The Morgan fingerprint density at radius 2 is 1.76 bits per heavy atom. The van der Waals surface area contributed by atoms with E-state index in [0.717, 1.165) is 18.4 Å². The summed E-state index contributed by atoms with van der Waals surface area (Å²) in [7, 11) is 5.57. The van der Waals surface area contributed by atoms with Gasteiger partial charge >= 0.3 is 6.03 Å². The molecule has 1 aliphatic rings. The predicted octanol–water partition coefficient (Wildman–Crippen LogP) is 3.29. The molecule has 2 aromatic carbocycles. The summed E-state index contributed by atoms with van der Waals surface area (Å²) in [6.45, 7) is 2.46. The van der Waals surface area contributed by atoms with E-state index >= 15 is 0 Å². The standard InChI is InChI=1S/C25H30N4O5/c1-28(2)9-4-10-29(25(31)26-19-5-7-20(32-3)8-6-19)16-18-13-17-14-22-23(34-12-11-33-22)15-21(17)27-24(18)30/h5-8,13-15H,4,9-12,16H2,1-3H3,(H,26,31)(H,27,30). The number of methoxy groups -OCH3 is 1. The fourth-order valence-corrected chi connectivity index (χ4v) is 3.82. The second-order valence-corrected chi connectivity index (χ2v) is 8.44. The number of aromatic amines is 1. The highest BCUT2D eigenvalue weighted by Crippen LogP contribution is 2.33. The Hall–Kier alpha value is -3.72. The van der Waals surface area contributed by atoms with E-state index in [4.69, 9.17) is 14.2 Å². The average Bonchev–Trinajstić information content (AvgIpc) is 2.82. The Morgan fingerprint density at radius 1 is 1.06 bits per heavy atom. The van der Waals surface area contributed by atoms with Crippen molar-refractivity contribution in [1.82, 2.24) is 14.8 Å². The van der Waals surface area contributed by atoms with Gasteiger partial charge in [-0.1, -0.05) is 0 Å². The molecule has 3 aromatic rings. The lowest BCUT2D eigenvalue weighted by molar-refractivity contribution is 0.172. The zero-order valence-corrected chi connectivity index (χ0v) is 19.7. The summed E-state index contributed by atoms with van der Waals surface area (Å²) in [6, 6.07) is 12.3. The van der Waals surface area contributed by atoms with Crippen LogP contribution in [0.2, 0.25) is 0 Å². The molecule has 0 spiro atoms. The summed E-state index contributed by atoms with van der Waals surface area (Å²) < 4.78 is 16.5. The smallest absolute Gasteiger partial charge is 0.322 e. The molecule has 34 heavy (non-hydrogen) atoms. The largest absolute Gasteiger partial charge is 0.497 e. The number of hydrogen-bond acceptors (Lipinski definition) is 6. The maximum absolute atomic E-state index is 13.1. The van der Waals surface area contributed by atoms with Gasteiger partial charge in [-0.25, -0.2) is 4.79 Å². The Morgan fingerprint density at radius 3 is 2.44 bits per heavy atom. The van der Waals surface area contributed by atoms with Crippen molar-refractivity contribution < 1.29 is 19.0 Å². The topological polar surface area (TPSA) is 96.1 Å². The van der Waals surface area contributed by atoms with Crippen LogP contribution in [0, 0.1) is 0 Å². The number of hydrogen-bond donors (Lipinski definition) is 2. The summed E-state index contributed by atoms with van der Waals surface area (Å²) in [6.07, 6.45) is 0.771. The maximum Gasteiger partial charge on any atom is 0.322 e. The molecule has 2 N–H and O–H groups in total. The lowest BCUT2D eigenvalue weighted by Gasteiger charge is -2.24. The predicted molar refractivity (Wildman–Crippen MR) is 131 cm³/mol. The van der Waals surface area contributed by atoms with Gasteiger partial charge in [0, 0.05) is 29.2 Å². The van der Waals surface area contributed by atoms with Crippen molar-refractivity contribution >= 4 is 22.6 Å². The maximum atomic E-state index is 13.1. The van der Waals surface area contributed by atoms with Gasteiger partial charge in [0.1, 0.15) is 19.0 Å². The van der Waals surface area contributed by atoms with Crippen molar-refractivity contribution in [3.8, 4) is 17.2 Å². The van der Waals surface area contributed by atoms with Crippen molar-refractivity contribution in [2.45, 2.75) is 13.0 Å². The molecule has 1 aromatic heterocycles. The monoisotopic (exact) mass is 466 g/mol. The van der Waals surface area contributed by atoms with E-state index in [2.05, 4.69) is 15.2 Å². The Bertz CT molecular complexity index is 1210. The SMILES string of the molecule is COc1ccc(NC(=O)N(CCCN(C)C)Cc2cc3cc4c(cc3[nH]c2=O)OCCO4)cc1. The van der Waals surface area contributed by atoms with Gasteiger partial charge in [-0.05, 0) is 63.5 Å². The van der Waals surface area contributed by atoms with Gasteiger partial charge in [0.25, 0.3) is 5.56 Å². The number of ether oxygens (including phenoxy) is 3. The molecule has 1 aliphatic heterocycles. The van der Waals surface area contributed by atoms with Crippen LogP contribution in [0.1, 0.15) is 12.0 Å². The molecule has 0 saturated heterocycles. The number of urea groups is 1. The van der Waals surface area contributed by atoms with Crippen LogP contribution >= 0.6 is 0 Å². The highest BCUT2D eigenvalue weighted by atomic mass is 16.6.